The Morgan fingerprint density at radius 3 is 1.82 bits per heavy atom. The Labute approximate surface area is 455 Å². The van der Waals surface area contributed by atoms with E-state index in [-0.39, 0.29) is 77.6 Å². The van der Waals surface area contributed by atoms with Crippen molar-refractivity contribution in [3.8, 4) is 0 Å². The Kier molecular flexibility index (Phi) is 34.5. The summed E-state index contributed by atoms with van der Waals surface area (Å²) >= 11 is 2.24. The summed E-state index contributed by atoms with van der Waals surface area (Å²) in [6.45, 7) is 3.38. The number of urea groups is 1. The molecule has 76 heavy (non-hydrogen) atoms. The standard InChI is InChI=1S/C48H77IN10O17/c49-35-12-10-34(11-13-35)6-5-9-39(60)52-16-3-1-7-36(54-40(61)30-57-23-19-50-17-18-51-20-24-58(26-25-57)31-43(65)66)45(69)53-21-27-75-28-29-76-33-41(62)59(32-44(67)68)22-4-2-8-37(46(70)71)55-48(74)56-38(47(72)73)14-15-42(63)64/h10-13,36-38,50-51H,1-9,14-33H2,(H,52,60)(H,53,69)(H,54,61)(H,63,64)(H,65,66)(H,67,68)(H,70,71)(H,72,73)(H2,55,56,74)/t36?,37-,38-/m0/s1. The zero-order chi connectivity index (χ0) is 56.1. The number of halogens is 1. The van der Waals surface area contributed by atoms with Crippen molar-refractivity contribution in [2.45, 2.75) is 88.8 Å². The van der Waals surface area contributed by atoms with Crippen LogP contribution < -0.4 is 37.2 Å². The van der Waals surface area contributed by atoms with Gasteiger partial charge in [-0.1, -0.05) is 12.1 Å². The summed E-state index contributed by atoms with van der Waals surface area (Å²) < 4.78 is 12.1. The van der Waals surface area contributed by atoms with Crippen molar-refractivity contribution in [1.29, 1.82) is 0 Å². The summed E-state index contributed by atoms with van der Waals surface area (Å²) in [5.41, 5.74) is 1.16. The van der Waals surface area contributed by atoms with E-state index in [4.69, 9.17) is 14.6 Å². The highest BCUT2D eigenvalue weighted by atomic mass is 127. The molecule has 0 radical (unpaired) electrons. The molecular formula is C48H77IN10O17. The summed E-state index contributed by atoms with van der Waals surface area (Å²) in [7, 11) is 0. The highest BCUT2D eigenvalue weighted by Crippen LogP contribution is 2.10. The molecule has 0 aliphatic carbocycles. The first kappa shape index (κ1) is 66.3. The van der Waals surface area contributed by atoms with Gasteiger partial charge >= 0.3 is 35.9 Å². The maximum atomic E-state index is 13.5. The highest BCUT2D eigenvalue weighted by Gasteiger charge is 2.26. The van der Waals surface area contributed by atoms with Crippen molar-refractivity contribution in [3.05, 3.63) is 33.4 Å². The molecule has 12 N–H and O–H groups in total. The van der Waals surface area contributed by atoms with Crippen LogP contribution in [0, 0.1) is 3.57 Å². The molecule has 1 aromatic carbocycles. The zero-order valence-electron chi connectivity index (χ0n) is 42.9. The number of nitrogens with zero attached hydrogens (tertiary/aromatic N) is 3. The van der Waals surface area contributed by atoms with E-state index in [2.05, 4.69) is 54.5 Å². The van der Waals surface area contributed by atoms with E-state index in [1.165, 1.54) is 0 Å². The van der Waals surface area contributed by atoms with Crippen LogP contribution in [0.1, 0.15) is 69.8 Å². The number of rotatable bonds is 37. The van der Waals surface area contributed by atoms with Gasteiger partial charge in [0.05, 0.1) is 32.9 Å². The summed E-state index contributed by atoms with van der Waals surface area (Å²) in [5.74, 6) is -8.10. The van der Waals surface area contributed by atoms with Gasteiger partial charge in [-0.2, -0.15) is 0 Å². The molecule has 1 saturated heterocycles. The second-order valence-corrected chi connectivity index (χ2v) is 19.1. The van der Waals surface area contributed by atoms with Crippen LogP contribution in [-0.2, 0) is 59.0 Å². The molecule has 28 heteroatoms. The minimum absolute atomic E-state index is 0.00529. The molecule has 1 heterocycles. The van der Waals surface area contributed by atoms with Gasteiger partial charge in [-0.15, -0.1) is 0 Å². The van der Waals surface area contributed by atoms with E-state index in [9.17, 15) is 68.4 Å². The van der Waals surface area contributed by atoms with Crippen molar-refractivity contribution >= 4 is 82.1 Å². The van der Waals surface area contributed by atoms with Crippen molar-refractivity contribution in [2.75, 3.05) is 118 Å². The number of aliphatic carboxylic acids is 5. The molecular weight excluding hydrogens is 1120 g/mol. The summed E-state index contributed by atoms with van der Waals surface area (Å²) in [6.07, 6.45) is 2.25. The first-order valence-corrected chi connectivity index (χ1v) is 26.5. The van der Waals surface area contributed by atoms with Crippen LogP contribution in [-0.4, -0.2) is 236 Å². The number of carboxylic acids is 5. The van der Waals surface area contributed by atoms with Crippen molar-refractivity contribution < 1.29 is 83.0 Å². The van der Waals surface area contributed by atoms with Gasteiger partial charge in [0, 0.05) is 88.4 Å². The molecule has 27 nitrogen and oxygen atoms in total. The normalized spacial score (nSPS) is 14.8. The molecule has 1 fully saturated rings. The van der Waals surface area contributed by atoms with E-state index < -0.39 is 97.7 Å². The van der Waals surface area contributed by atoms with Gasteiger partial charge in [-0.3, -0.25) is 43.4 Å². The molecule has 0 spiro atoms. The fraction of sp³-hybridized carbons (Fsp3) is 0.667. The number of carboxylic acid groups (broad SMARTS) is 5. The lowest BCUT2D eigenvalue weighted by Crippen LogP contribution is -2.51. The van der Waals surface area contributed by atoms with Gasteiger partial charge in [0.15, 0.2) is 0 Å². The number of ether oxygens (including phenoxy) is 2. The largest absolute Gasteiger partial charge is 0.481 e. The molecule has 3 atom stereocenters. The summed E-state index contributed by atoms with van der Waals surface area (Å²) in [6, 6.07) is 3.01. The predicted octanol–water partition coefficient (Wildman–Crippen LogP) is -1.43. The number of hydrogen-bond donors (Lipinski definition) is 12. The average Bonchev–Trinajstić information content (AvgIpc) is 3.35. The summed E-state index contributed by atoms with van der Waals surface area (Å²) in [5, 5.41) is 65.7. The van der Waals surface area contributed by atoms with Crippen LogP contribution in [0.25, 0.3) is 0 Å². The number of unbranched alkanes of at least 4 members (excludes halogenated alkanes) is 2. The monoisotopic (exact) mass is 1190 g/mol. The minimum atomic E-state index is -1.58. The van der Waals surface area contributed by atoms with E-state index in [0.717, 1.165) is 20.5 Å². The molecule has 0 bridgehead atoms. The molecule has 0 saturated carbocycles. The Morgan fingerprint density at radius 1 is 0.592 bits per heavy atom. The quantitative estimate of drug-likeness (QED) is 0.0268. The molecule has 1 aromatic rings. The van der Waals surface area contributed by atoms with Gasteiger partial charge in [-0.05, 0) is 98.1 Å². The maximum Gasteiger partial charge on any atom is 0.326 e. The Hall–Kier alpha value is -5.79. The summed E-state index contributed by atoms with van der Waals surface area (Å²) in [4.78, 5) is 126. The Morgan fingerprint density at radius 2 is 1.20 bits per heavy atom. The number of aryl methyl sites for hydroxylation is 1. The SMILES string of the molecule is O=C(O)CC[C@H](NC(=O)N[C@@H](CCCCN(CC(=O)O)C(=O)COCCOCCNC(=O)C(CCCCNC(=O)CCCc1ccc(I)cc1)NC(=O)CN1CCNCCNCCN(CC(=O)O)CC1)C(=O)O)C(=O)O. The lowest BCUT2D eigenvalue weighted by atomic mass is 10.1. The zero-order valence-corrected chi connectivity index (χ0v) is 45.1. The second kappa shape index (κ2) is 39.6. The van der Waals surface area contributed by atoms with Crippen LogP contribution >= 0.6 is 22.6 Å². The number of carbonyl (C=O) groups excluding carboxylic acids is 5. The van der Waals surface area contributed by atoms with E-state index in [1.807, 2.05) is 34.5 Å². The number of amides is 6. The molecule has 1 aliphatic heterocycles. The number of nitrogens with one attached hydrogen (secondary N) is 7. The van der Waals surface area contributed by atoms with Crippen molar-refractivity contribution in [3.63, 3.8) is 0 Å². The minimum Gasteiger partial charge on any atom is -0.481 e. The van der Waals surface area contributed by atoms with Crippen molar-refractivity contribution in [1.82, 2.24) is 51.9 Å². The third-order valence-electron chi connectivity index (χ3n) is 11.7. The Balaban J connectivity index is 1.86. The fourth-order valence-corrected chi connectivity index (χ4v) is 7.97. The fourth-order valence-electron chi connectivity index (χ4n) is 7.61. The topological polar surface area (TPSA) is 384 Å². The van der Waals surface area contributed by atoms with Gasteiger partial charge in [0.25, 0.3) is 0 Å². The Bertz CT molecular complexity index is 1990. The number of benzene rings is 1. The van der Waals surface area contributed by atoms with Gasteiger partial charge in [-0.25, -0.2) is 14.4 Å². The maximum absolute atomic E-state index is 13.5. The third kappa shape index (κ3) is 32.6. The third-order valence-corrected chi connectivity index (χ3v) is 12.4. The van der Waals surface area contributed by atoms with E-state index in [0.29, 0.717) is 84.6 Å². The lowest BCUT2D eigenvalue weighted by molar-refractivity contribution is -0.146. The van der Waals surface area contributed by atoms with Crippen LogP contribution in [0.15, 0.2) is 24.3 Å². The molecule has 2 rings (SSSR count). The lowest BCUT2D eigenvalue weighted by Gasteiger charge is -2.28. The van der Waals surface area contributed by atoms with Crippen LogP contribution in [0.2, 0.25) is 0 Å². The van der Waals surface area contributed by atoms with Crippen LogP contribution in [0.5, 0.6) is 0 Å². The molecule has 1 unspecified atom stereocenters. The van der Waals surface area contributed by atoms with Crippen molar-refractivity contribution in [2.24, 2.45) is 0 Å². The molecule has 1 aliphatic rings. The predicted molar refractivity (Wildman–Crippen MR) is 281 cm³/mol. The molecule has 0 aromatic heterocycles. The number of carbonyl (C=O) groups is 10. The van der Waals surface area contributed by atoms with Gasteiger partial charge in [0.2, 0.25) is 23.6 Å². The van der Waals surface area contributed by atoms with Crippen LogP contribution in [0.3, 0.4) is 0 Å². The van der Waals surface area contributed by atoms with Gasteiger partial charge < -0.3 is 77.1 Å². The first-order chi connectivity index (χ1) is 36.3. The highest BCUT2D eigenvalue weighted by molar-refractivity contribution is 14.1. The first-order valence-electron chi connectivity index (χ1n) is 25.4. The smallest absolute Gasteiger partial charge is 0.326 e. The van der Waals surface area contributed by atoms with E-state index >= 15 is 0 Å². The second-order valence-electron chi connectivity index (χ2n) is 17.9. The van der Waals surface area contributed by atoms with Crippen LogP contribution in [0.4, 0.5) is 4.79 Å². The van der Waals surface area contributed by atoms with Gasteiger partial charge in [0.1, 0.15) is 31.3 Å². The van der Waals surface area contributed by atoms with E-state index in [1.54, 1.807) is 4.90 Å². The number of hydrogen-bond acceptors (Lipinski definition) is 16. The average molecular weight is 1190 g/mol. The molecule has 428 valence electrons. The molecule has 6 amide bonds.